The zero-order valence-corrected chi connectivity index (χ0v) is 17.5. The second-order valence-corrected chi connectivity index (χ2v) is 9.30. The molecule has 1 aromatic carbocycles. The summed E-state index contributed by atoms with van der Waals surface area (Å²) < 4.78 is 17.6. The first kappa shape index (κ1) is 18.3. The van der Waals surface area contributed by atoms with Crippen LogP contribution in [0.2, 0.25) is 0 Å². The van der Waals surface area contributed by atoms with Crippen molar-refractivity contribution in [2.45, 2.75) is 49.2 Å². The van der Waals surface area contributed by atoms with Gasteiger partial charge in [-0.1, -0.05) is 12.2 Å². The Morgan fingerprint density at radius 3 is 3.00 bits per heavy atom. The monoisotopic (exact) mass is 405 g/mol. The fourth-order valence-corrected chi connectivity index (χ4v) is 7.57. The number of nitrogens with zero attached hydrogens (tertiary/aromatic N) is 1. The number of hydrogen-bond acceptors (Lipinski definition) is 5. The molecular weight excluding hydrogens is 378 g/mol. The van der Waals surface area contributed by atoms with Crippen LogP contribution in [0.1, 0.15) is 42.9 Å². The first-order chi connectivity index (χ1) is 14.6. The summed E-state index contributed by atoms with van der Waals surface area (Å²) in [5.41, 5.74) is 3.61. The Labute approximate surface area is 177 Å². The molecule has 5 aliphatic rings. The third-order valence-corrected chi connectivity index (χ3v) is 8.16. The predicted octanol–water partition coefficient (Wildman–Crippen LogP) is 3.72. The summed E-state index contributed by atoms with van der Waals surface area (Å²) in [6.07, 6.45) is 11.5. The average Bonchev–Trinajstić information content (AvgIpc) is 3.31. The van der Waals surface area contributed by atoms with Gasteiger partial charge < -0.3 is 14.2 Å². The van der Waals surface area contributed by atoms with Gasteiger partial charge in [-0.15, -0.1) is 6.58 Å². The van der Waals surface area contributed by atoms with Gasteiger partial charge in [0.1, 0.15) is 0 Å². The Hall–Kier alpha value is -2.53. The minimum Gasteiger partial charge on any atom is -0.493 e. The van der Waals surface area contributed by atoms with Crippen molar-refractivity contribution in [3.63, 3.8) is 0 Å². The summed E-state index contributed by atoms with van der Waals surface area (Å²) in [5, 5.41) is 0. The predicted molar refractivity (Wildman–Crippen MR) is 114 cm³/mol. The lowest BCUT2D eigenvalue weighted by molar-refractivity contribution is -0.133. The maximum absolute atomic E-state index is 13.0. The standard InChI is InChI=1S/C25H27NO4/c1-4-9-26-14-24-13-25-16(22(24)26)6-7-17(27)23(25)30-21-18(28-3)12-15(19(24)20(21)25)8-11-29-10-5-2/h4-5,8,10-12,16,22-23H,1,6-7,9,13-14H2,2-3H3/b10-5-,11-8+/t16?,22-,23?,24?,25+/m0/s1. The second-order valence-electron chi connectivity index (χ2n) is 9.30. The maximum Gasteiger partial charge on any atom is 0.174 e. The highest BCUT2D eigenvalue weighted by Gasteiger charge is 2.80. The smallest absolute Gasteiger partial charge is 0.174 e. The van der Waals surface area contributed by atoms with Gasteiger partial charge in [0.05, 0.1) is 19.6 Å². The van der Waals surface area contributed by atoms with Crippen molar-refractivity contribution in [1.29, 1.82) is 0 Å². The highest BCUT2D eigenvalue weighted by atomic mass is 16.5. The summed E-state index contributed by atoms with van der Waals surface area (Å²) in [6.45, 7) is 7.80. The summed E-state index contributed by atoms with van der Waals surface area (Å²) in [6, 6.07) is 2.50. The van der Waals surface area contributed by atoms with Gasteiger partial charge in [-0.25, -0.2) is 0 Å². The maximum atomic E-state index is 13.0. The van der Waals surface area contributed by atoms with Crippen molar-refractivity contribution < 1.29 is 19.0 Å². The molecule has 0 amide bonds. The van der Waals surface area contributed by atoms with Crippen molar-refractivity contribution in [2.24, 2.45) is 5.92 Å². The third kappa shape index (κ3) is 1.86. The molecule has 1 aromatic rings. The lowest BCUT2D eigenvalue weighted by Crippen LogP contribution is -2.68. The number of fused-ring (bicyclic) bond motifs is 1. The number of rotatable bonds is 6. The van der Waals surface area contributed by atoms with E-state index < -0.39 is 0 Å². The van der Waals surface area contributed by atoms with Crippen molar-refractivity contribution in [2.75, 3.05) is 20.2 Å². The molecule has 5 nitrogen and oxygen atoms in total. The van der Waals surface area contributed by atoms with Crippen molar-refractivity contribution in [3.8, 4) is 11.5 Å². The van der Waals surface area contributed by atoms with Crippen LogP contribution in [0.3, 0.4) is 0 Å². The van der Waals surface area contributed by atoms with E-state index >= 15 is 0 Å². The molecule has 3 aliphatic carbocycles. The molecule has 0 aromatic heterocycles. The fourth-order valence-electron chi connectivity index (χ4n) is 7.57. The van der Waals surface area contributed by atoms with Gasteiger partial charge >= 0.3 is 0 Å². The zero-order valence-electron chi connectivity index (χ0n) is 17.5. The van der Waals surface area contributed by atoms with Crippen molar-refractivity contribution in [3.05, 3.63) is 54.0 Å². The average molecular weight is 405 g/mol. The van der Waals surface area contributed by atoms with Crippen LogP contribution in [0.15, 0.2) is 37.3 Å². The molecule has 6 rings (SSSR count). The zero-order chi connectivity index (χ0) is 20.7. The van der Waals surface area contributed by atoms with Crippen molar-refractivity contribution >= 4 is 11.9 Å². The molecule has 5 heteroatoms. The van der Waals surface area contributed by atoms with Gasteiger partial charge in [0.25, 0.3) is 0 Å². The normalized spacial score (nSPS) is 37.3. The quantitative estimate of drug-likeness (QED) is 0.533. The van der Waals surface area contributed by atoms with E-state index in [9.17, 15) is 4.79 Å². The summed E-state index contributed by atoms with van der Waals surface area (Å²) >= 11 is 0. The topological polar surface area (TPSA) is 48.0 Å². The molecule has 2 saturated carbocycles. The van der Waals surface area contributed by atoms with Gasteiger partial charge in [-0.05, 0) is 49.0 Å². The van der Waals surface area contributed by atoms with E-state index in [2.05, 4.69) is 17.5 Å². The molecule has 2 spiro atoms. The molecule has 5 atom stereocenters. The number of benzene rings is 1. The fraction of sp³-hybridized carbons (Fsp3) is 0.480. The van der Waals surface area contributed by atoms with Crippen LogP contribution < -0.4 is 9.47 Å². The number of ether oxygens (including phenoxy) is 3. The molecule has 2 aliphatic heterocycles. The molecule has 3 unspecified atom stereocenters. The number of allylic oxidation sites excluding steroid dienone is 1. The van der Waals surface area contributed by atoms with E-state index in [4.69, 9.17) is 14.2 Å². The van der Waals surface area contributed by atoms with Gasteiger partial charge in [0.2, 0.25) is 0 Å². The Kier molecular flexibility index (Phi) is 3.65. The molecule has 2 bridgehead atoms. The van der Waals surface area contributed by atoms with Gasteiger partial charge in [0, 0.05) is 41.9 Å². The Balaban J connectivity index is 1.58. The SMILES string of the molecule is C=CCN1CC23C[C@@]45c6c(c(OC)cc(/C=C/O/C=C\C)c62)OC4C(=O)CCC5[C@H]13. The number of ketones is 1. The van der Waals surface area contributed by atoms with E-state index in [1.54, 1.807) is 19.6 Å². The van der Waals surface area contributed by atoms with E-state index in [0.29, 0.717) is 18.4 Å². The lowest BCUT2D eigenvalue weighted by Gasteiger charge is -2.58. The van der Waals surface area contributed by atoms with E-state index in [0.717, 1.165) is 43.0 Å². The summed E-state index contributed by atoms with van der Waals surface area (Å²) in [4.78, 5) is 15.6. The molecule has 2 heterocycles. The molecule has 0 radical (unpaired) electrons. The first-order valence-corrected chi connectivity index (χ1v) is 10.9. The minimum atomic E-state index is -0.368. The van der Waals surface area contributed by atoms with Crippen LogP contribution in [0.25, 0.3) is 6.08 Å². The molecule has 0 N–H and O–H groups in total. The van der Waals surface area contributed by atoms with E-state index in [-0.39, 0.29) is 22.7 Å². The minimum absolute atomic E-state index is 0.0803. The van der Waals surface area contributed by atoms with Crippen LogP contribution in [-0.2, 0) is 20.4 Å². The van der Waals surface area contributed by atoms with Gasteiger partial charge in [-0.2, -0.15) is 0 Å². The van der Waals surface area contributed by atoms with Crippen LogP contribution >= 0.6 is 0 Å². The van der Waals surface area contributed by atoms with Gasteiger partial charge in [-0.3, -0.25) is 9.69 Å². The summed E-state index contributed by atoms with van der Waals surface area (Å²) in [5.74, 6) is 2.22. The number of likely N-dealkylation sites (tertiary alicyclic amines) is 1. The van der Waals surface area contributed by atoms with Crippen LogP contribution in [0.4, 0.5) is 0 Å². The largest absolute Gasteiger partial charge is 0.493 e. The molecule has 1 saturated heterocycles. The number of carbonyl (C=O) groups excluding carboxylic acids is 1. The number of carbonyl (C=O) groups is 1. The van der Waals surface area contributed by atoms with E-state index in [1.807, 2.05) is 25.2 Å². The highest BCUT2D eigenvalue weighted by molar-refractivity contribution is 5.91. The highest BCUT2D eigenvalue weighted by Crippen LogP contribution is 2.77. The van der Waals surface area contributed by atoms with Gasteiger partial charge in [0.15, 0.2) is 23.4 Å². The Bertz CT molecular complexity index is 1030. The Morgan fingerprint density at radius 1 is 1.37 bits per heavy atom. The number of hydrogen-bond donors (Lipinski definition) is 0. The molecular formula is C25H27NO4. The number of methoxy groups -OCH3 is 1. The Morgan fingerprint density at radius 2 is 2.23 bits per heavy atom. The van der Waals surface area contributed by atoms with Crippen LogP contribution in [-0.4, -0.2) is 43.0 Å². The van der Waals surface area contributed by atoms with Crippen molar-refractivity contribution in [1.82, 2.24) is 4.90 Å². The van der Waals surface area contributed by atoms with E-state index in [1.165, 1.54) is 11.1 Å². The molecule has 156 valence electrons. The molecule has 3 fully saturated rings. The third-order valence-electron chi connectivity index (χ3n) is 8.16. The second kappa shape index (κ2) is 6.01. The number of Topliss-reactive ketones (excluding diaryl/α,β-unsaturated/α-hetero) is 1. The summed E-state index contributed by atoms with van der Waals surface area (Å²) in [7, 11) is 1.67. The van der Waals surface area contributed by atoms with Crippen LogP contribution in [0.5, 0.6) is 11.5 Å². The molecule has 30 heavy (non-hydrogen) atoms. The van der Waals surface area contributed by atoms with Crippen LogP contribution in [0, 0.1) is 5.92 Å². The first-order valence-electron chi connectivity index (χ1n) is 10.9. The lowest BCUT2D eigenvalue weighted by atomic mass is 9.57.